The molecule has 3 rings (SSSR count). The van der Waals surface area contributed by atoms with Gasteiger partial charge in [-0.25, -0.2) is 4.39 Å². The van der Waals surface area contributed by atoms with Gasteiger partial charge in [-0.3, -0.25) is 4.79 Å². The van der Waals surface area contributed by atoms with E-state index in [0.29, 0.717) is 16.8 Å². The Morgan fingerprint density at radius 2 is 1.86 bits per heavy atom. The molecule has 1 heterocycles. The number of nitrogens with one attached hydrogen (secondary N) is 2. The second-order valence-electron chi connectivity index (χ2n) is 5.55. The van der Waals surface area contributed by atoms with E-state index >= 15 is 0 Å². The maximum atomic E-state index is 13.1. The van der Waals surface area contributed by atoms with Gasteiger partial charge in [0.05, 0.1) is 0 Å². The van der Waals surface area contributed by atoms with Crippen LogP contribution >= 0.6 is 0 Å². The summed E-state index contributed by atoms with van der Waals surface area (Å²) in [7, 11) is 0. The topological polar surface area (TPSA) is 44.9 Å². The molecule has 4 heteroatoms. The Morgan fingerprint density at radius 3 is 2.59 bits per heavy atom. The largest absolute Gasteiger partial charge is 0.358 e. The summed E-state index contributed by atoms with van der Waals surface area (Å²) < 4.78 is 13.1. The minimum atomic E-state index is -0.310. The van der Waals surface area contributed by atoms with Crippen molar-refractivity contribution < 1.29 is 9.18 Å². The molecule has 0 atom stereocenters. The third-order valence-corrected chi connectivity index (χ3v) is 4.01. The summed E-state index contributed by atoms with van der Waals surface area (Å²) in [5, 5.41) is 3.87. The summed E-state index contributed by atoms with van der Waals surface area (Å²) in [4.78, 5) is 15.7. The molecule has 1 aromatic heterocycles. The Hall–Kier alpha value is -2.62. The third kappa shape index (κ3) is 2.48. The standard InChI is InChI=1S/C18H17FN2O/c1-10-8-14(19)5-7-16(10)21-18(22)13-4-6-17-15(9-13)11(2)12(3)20-17/h4-9,20H,1-3H3,(H,21,22). The molecular weight excluding hydrogens is 279 g/mol. The van der Waals surface area contributed by atoms with Gasteiger partial charge in [0.25, 0.3) is 5.91 Å². The molecule has 0 saturated carbocycles. The van der Waals surface area contributed by atoms with Gasteiger partial charge in [-0.2, -0.15) is 0 Å². The average molecular weight is 296 g/mol. The molecule has 0 unspecified atom stereocenters. The van der Waals surface area contributed by atoms with Crippen molar-refractivity contribution in [3.8, 4) is 0 Å². The van der Waals surface area contributed by atoms with Crippen LogP contribution in [0.15, 0.2) is 36.4 Å². The van der Waals surface area contributed by atoms with E-state index in [1.807, 2.05) is 26.0 Å². The van der Waals surface area contributed by atoms with Gasteiger partial charge in [-0.1, -0.05) is 0 Å². The number of halogens is 1. The number of carbonyl (C=O) groups excluding carboxylic acids is 1. The van der Waals surface area contributed by atoms with Crippen LogP contribution in [0.25, 0.3) is 10.9 Å². The highest BCUT2D eigenvalue weighted by Crippen LogP contribution is 2.23. The molecule has 0 bridgehead atoms. The Balaban J connectivity index is 1.93. The van der Waals surface area contributed by atoms with Crippen LogP contribution in [0.1, 0.15) is 27.2 Å². The highest BCUT2D eigenvalue weighted by molar-refractivity contribution is 6.06. The molecule has 0 radical (unpaired) electrons. The number of H-pyrrole nitrogens is 1. The van der Waals surface area contributed by atoms with Crippen molar-refractivity contribution in [1.82, 2.24) is 4.98 Å². The number of aromatic amines is 1. The summed E-state index contributed by atoms with van der Waals surface area (Å²) in [6, 6.07) is 9.88. The van der Waals surface area contributed by atoms with Crippen LogP contribution in [-0.2, 0) is 0 Å². The molecule has 112 valence electrons. The Morgan fingerprint density at radius 1 is 1.09 bits per heavy atom. The number of aryl methyl sites for hydroxylation is 3. The third-order valence-electron chi connectivity index (χ3n) is 4.01. The lowest BCUT2D eigenvalue weighted by atomic mass is 10.1. The molecule has 0 aliphatic carbocycles. The SMILES string of the molecule is Cc1cc(F)ccc1NC(=O)c1ccc2[nH]c(C)c(C)c2c1. The van der Waals surface area contributed by atoms with E-state index in [-0.39, 0.29) is 11.7 Å². The van der Waals surface area contributed by atoms with Crippen molar-refractivity contribution in [1.29, 1.82) is 0 Å². The van der Waals surface area contributed by atoms with Crippen molar-refractivity contribution in [3.63, 3.8) is 0 Å². The zero-order chi connectivity index (χ0) is 15.9. The van der Waals surface area contributed by atoms with Gasteiger partial charge in [-0.05, 0) is 68.3 Å². The minimum Gasteiger partial charge on any atom is -0.358 e. The first kappa shape index (κ1) is 14.3. The quantitative estimate of drug-likeness (QED) is 0.719. The first-order valence-corrected chi connectivity index (χ1v) is 7.12. The van der Waals surface area contributed by atoms with Gasteiger partial charge in [-0.15, -0.1) is 0 Å². The van der Waals surface area contributed by atoms with Crippen LogP contribution in [0.3, 0.4) is 0 Å². The van der Waals surface area contributed by atoms with E-state index < -0.39 is 0 Å². The van der Waals surface area contributed by atoms with Crippen LogP contribution in [0, 0.1) is 26.6 Å². The average Bonchev–Trinajstić information content (AvgIpc) is 2.77. The van der Waals surface area contributed by atoms with E-state index in [1.165, 1.54) is 12.1 Å². The molecule has 0 fully saturated rings. The molecule has 1 amide bonds. The summed E-state index contributed by atoms with van der Waals surface area (Å²) in [6.07, 6.45) is 0. The van der Waals surface area contributed by atoms with Crippen molar-refractivity contribution in [2.45, 2.75) is 20.8 Å². The number of hydrogen-bond acceptors (Lipinski definition) is 1. The minimum absolute atomic E-state index is 0.199. The molecule has 0 aliphatic rings. The van der Waals surface area contributed by atoms with Crippen LogP contribution in [0.5, 0.6) is 0 Å². The number of benzene rings is 2. The zero-order valence-corrected chi connectivity index (χ0v) is 12.8. The number of anilines is 1. The van der Waals surface area contributed by atoms with Gasteiger partial charge in [0, 0.05) is 27.8 Å². The van der Waals surface area contributed by atoms with Gasteiger partial charge in [0.1, 0.15) is 5.82 Å². The van der Waals surface area contributed by atoms with E-state index in [4.69, 9.17) is 0 Å². The number of rotatable bonds is 2. The summed E-state index contributed by atoms with van der Waals surface area (Å²) >= 11 is 0. The van der Waals surface area contributed by atoms with E-state index in [1.54, 1.807) is 19.1 Å². The van der Waals surface area contributed by atoms with Crippen LogP contribution in [-0.4, -0.2) is 10.9 Å². The van der Waals surface area contributed by atoms with Crippen LogP contribution in [0.4, 0.5) is 10.1 Å². The lowest BCUT2D eigenvalue weighted by Gasteiger charge is -2.08. The Labute approximate surface area is 128 Å². The lowest BCUT2D eigenvalue weighted by Crippen LogP contribution is -2.12. The van der Waals surface area contributed by atoms with Gasteiger partial charge in [0.2, 0.25) is 0 Å². The molecule has 0 spiro atoms. The van der Waals surface area contributed by atoms with Crippen LogP contribution in [0.2, 0.25) is 0 Å². The molecule has 2 N–H and O–H groups in total. The van der Waals surface area contributed by atoms with Crippen molar-refractivity contribution in [2.75, 3.05) is 5.32 Å². The Kier molecular flexibility index (Phi) is 3.45. The first-order chi connectivity index (χ1) is 10.5. The number of amides is 1. The fraction of sp³-hybridized carbons (Fsp3) is 0.167. The highest BCUT2D eigenvalue weighted by atomic mass is 19.1. The zero-order valence-electron chi connectivity index (χ0n) is 12.8. The highest BCUT2D eigenvalue weighted by Gasteiger charge is 2.11. The molecule has 2 aromatic carbocycles. The van der Waals surface area contributed by atoms with Crippen molar-refractivity contribution in [3.05, 3.63) is 64.6 Å². The van der Waals surface area contributed by atoms with Crippen molar-refractivity contribution in [2.24, 2.45) is 0 Å². The monoisotopic (exact) mass is 296 g/mol. The summed E-state index contributed by atoms with van der Waals surface area (Å²) in [6.45, 7) is 5.80. The Bertz CT molecular complexity index is 880. The van der Waals surface area contributed by atoms with Gasteiger partial charge >= 0.3 is 0 Å². The van der Waals surface area contributed by atoms with Crippen LogP contribution < -0.4 is 5.32 Å². The van der Waals surface area contributed by atoms with E-state index in [9.17, 15) is 9.18 Å². The number of fused-ring (bicyclic) bond motifs is 1. The number of carbonyl (C=O) groups is 1. The molecule has 3 aromatic rings. The normalized spacial score (nSPS) is 10.9. The predicted molar refractivity (Wildman–Crippen MR) is 86.9 cm³/mol. The maximum Gasteiger partial charge on any atom is 0.255 e. The lowest BCUT2D eigenvalue weighted by molar-refractivity contribution is 0.102. The van der Waals surface area contributed by atoms with E-state index in [0.717, 1.165) is 22.2 Å². The van der Waals surface area contributed by atoms with Gasteiger partial charge in [0.15, 0.2) is 0 Å². The first-order valence-electron chi connectivity index (χ1n) is 7.12. The summed E-state index contributed by atoms with van der Waals surface area (Å²) in [5.74, 6) is -0.509. The number of hydrogen-bond donors (Lipinski definition) is 2. The second kappa shape index (κ2) is 5.30. The second-order valence-corrected chi connectivity index (χ2v) is 5.55. The predicted octanol–water partition coefficient (Wildman–Crippen LogP) is 4.48. The summed E-state index contributed by atoms with van der Waals surface area (Å²) in [5.41, 5.74) is 5.16. The molecule has 3 nitrogen and oxygen atoms in total. The molecule has 0 saturated heterocycles. The molecule has 0 aliphatic heterocycles. The van der Waals surface area contributed by atoms with E-state index in [2.05, 4.69) is 10.3 Å². The fourth-order valence-electron chi connectivity index (χ4n) is 2.56. The smallest absolute Gasteiger partial charge is 0.255 e. The molecular formula is C18H17FN2O. The number of aromatic nitrogens is 1. The van der Waals surface area contributed by atoms with Crippen molar-refractivity contribution >= 4 is 22.5 Å². The maximum absolute atomic E-state index is 13.1. The van der Waals surface area contributed by atoms with Gasteiger partial charge < -0.3 is 10.3 Å². The molecule has 22 heavy (non-hydrogen) atoms. The fourth-order valence-corrected chi connectivity index (χ4v) is 2.56.